The molecule has 98 valence electrons. The lowest BCUT2D eigenvalue weighted by Crippen LogP contribution is -2.38. The van der Waals surface area contributed by atoms with Crippen molar-refractivity contribution in [2.24, 2.45) is 11.7 Å². The van der Waals surface area contributed by atoms with Gasteiger partial charge in [-0.2, -0.15) is 5.10 Å². The van der Waals surface area contributed by atoms with Crippen LogP contribution in [0.1, 0.15) is 18.4 Å². The zero-order chi connectivity index (χ0) is 11.4. The van der Waals surface area contributed by atoms with Crippen molar-refractivity contribution >= 4 is 12.4 Å². The maximum atomic E-state index is 5.56. The molecule has 0 unspecified atom stereocenters. The zero-order valence-corrected chi connectivity index (χ0v) is 11.3. The quantitative estimate of drug-likeness (QED) is 0.885. The highest BCUT2D eigenvalue weighted by molar-refractivity contribution is 5.85. The van der Waals surface area contributed by atoms with Gasteiger partial charge in [0.25, 0.3) is 0 Å². The van der Waals surface area contributed by atoms with Crippen LogP contribution >= 0.6 is 12.4 Å². The van der Waals surface area contributed by atoms with E-state index in [1.165, 1.54) is 31.5 Å². The molecule has 0 aromatic carbocycles. The van der Waals surface area contributed by atoms with Crippen LogP contribution in [0.5, 0.6) is 0 Å². The summed E-state index contributed by atoms with van der Waals surface area (Å²) in [5.74, 6) is 0.785. The van der Waals surface area contributed by atoms with E-state index in [9.17, 15) is 0 Å². The Bertz CT molecular complexity index is 318. The fraction of sp³-hybridized carbons (Fsp3) is 0.750. The highest BCUT2D eigenvalue weighted by Gasteiger charge is 2.18. The van der Waals surface area contributed by atoms with E-state index in [0.717, 1.165) is 25.6 Å². The Morgan fingerprint density at radius 3 is 2.65 bits per heavy atom. The number of aromatic nitrogens is 2. The van der Waals surface area contributed by atoms with Crippen LogP contribution in [0.15, 0.2) is 12.4 Å². The molecule has 0 saturated carbocycles. The first-order valence-corrected chi connectivity index (χ1v) is 6.19. The molecule has 2 rings (SSSR count). The molecule has 17 heavy (non-hydrogen) atoms. The first kappa shape index (κ1) is 14.5. The molecule has 1 fully saturated rings. The van der Waals surface area contributed by atoms with Crippen molar-refractivity contribution in [1.29, 1.82) is 0 Å². The van der Waals surface area contributed by atoms with Crippen LogP contribution in [-0.4, -0.2) is 40.9 Å². The standard InChI is InChI=1S/C12H22N4.ClH/c1-11-8-14-16(9-11)10-12-2-5-15(6-3-12)7-4-13;/h8-9,12H,2-7,10,13H2,1H3;1H. The second kappa shape index (κ2) is 6.99. The molecule has 0 aliphatic carbocycles. The summed E-state index contributed by atoms with van der Waals surface area (Å²) >= 11 is 0. The van der Waals surface area contributed by atoms with Crippen molar-refractivity contribution in [1.82, 2.24) is 14.7 Å². The summed E-state index contributed by atoms with van der Waals surface area (Å²) in [7, 11) is 0. The average Bonchev–Trinajstić information content (AvgIpc) is 2.67. The van der Waals surface area contributed by atoms with Gasteiger partial charge < -0.3 is 10.6 Å². The third kappa shape index (κ3) is 4.30. The Labute approximate surface area is 110 Å². The van der Waals surface area contributed by atoms with Crippen molar-refractivity contribution in [2.45, 2.75) is 26.3 Å². The maximum absolute atomic E-state index is 5.56. The average molecular weight is 259 g/mol. The second-order valence-corrected chi connectivity index (χ2v) is 4.81. The smallest absolute Gasteiger partial charge is 0.0518 e. The topological polar surface area (TPSA) is 47.1 Å². The van der Waals surface area contributed by atoms with Gasteiger partial charge in [0.15, 0.2) is 0 Å². The minimum atomic E-state index is 0. The van der Waals surface area contributed by atoms with Gasteiger partial charge in [-0.25, -0.2) is 0 Å². The Morgan fingerprint density at radius 1 is 1.41 bits per heavy atom. The summed E-state index contributed by atoms with van der Waals surface area (Å²) in [4.78, 5) is 2.46. The molecule has 4 nitrogen and oxygen atoms in total. The lowest BCUT2D eigenvalue weighted by molar-refractivity contribution is 0.175. The van der Waals surface area contributed by atoms with Crippen LogP contribution in [-0.2, 0) is 6.54 Å². The van der Waals surface area contributed by atoms with Crippen molar-refractivity contribution in [2.75, 3.05) is 26.2 Å². The summed E-state index contributed by atoms with van der Waals surface area (Å²) in [5, 5.41) is 4.35. The van der Waals surface area contributed by atoms with Gasteiger partial charge in [0.2, 0.25) is 0 Å². The summed E-state index contributed by atoms with van der Waals surface area (Å²) in [6.45, 7) is 7.39. The molecule has 5 heteroatoms. The van der Waals surface area contributed by atoms with Crippen molar-refractivity contribution in [3.63, 3.8) is 0 Å². The SMILES string of the molecule is Cc1cnn(CC2CCN(CCN)CC2)c1.Cl. The van der Waals surface area contributed by atoms with Crippen LogP contribution in [0.2, 0.25) is 0 Å². The highest BCUT2D eigenvalue weighted by atomic mass is 35.5. The predicted octanol–water partition coefficient (Wildman–Crippen LogP) is 1.28. The summed E-state index contributed by atoms with van der Waals surface area (Å²) < 4.78 is 2.08. The maximum Gasteiger partial charge on any atom is 0.0518 e. The van der Waals surface area contributed by atoms with E-state index in [1.54, 1.807) is 0 Å². The number of piperidine rings is 1. The molecule has 0 bridgehead atoms. The lowest BCUT2D eigenvalue weighted by Gasteiger charge is -2.31. The number of rotatable bonds is 4. The van der Waals surface area contributed by atoms with Crippen molar-refractivity contribution < 1.29 is 0 Å². The number of nitrogens with zero attached hydrogens (tertiary/aromatic N) is 3. The van der Waals surface area contributed by atoms with Crippen LogP contribution in [0.3, 0.4) is 0 Å². The number of hydrogen-bond donors (Lipinski definition) is 1. The fourth-order valence-electron chi connectivity index (χ4n) is 2.41. The van der Waals surface area contributed by atoms with E-state index in [-0.39, 0.29) is 12.4 Å². The Hall–Kier alpha value is -0.580. The summed E-state index contributed by atoms with van der Waals surface area (Å²) in [6, 6.07) is 0. The molecule has 1 aromatic rings. The van der Waals surface area contributed by atoms with E-state index in [2.05, 4.69) is 27.8 Å². The minimum absolute atomic E-state index is 0. The molecular formula is C12H23ClN4. The van der Waals surface area contributed by atoms with Gasteiger partial charge in [-0.1, -0.05) is 0 Å². The van der Waals surface area contributed by atoms with Gasteiger partial charge in [-0.15, -0.1) is 12.4 Å². The molecule has 0 spiro atoms. The molecular weight excluding hydrogens is 236 g/mol. The molecule has 0 amide bonds. The molecule has 1 aromatic heterocycles. The van der Waals surface area contributed by atoms with Crippen LogP contribution < -0.4 is 5.73 Å². The van der Waals surface area contributed by atoms with Crippen molar-refractivity contribution in [3.8, 4) is 0 Å². The Morgan fingerprint density at radius 2 is 2.12 bits per heavy atom. The molecule has 1 aliphatic rings. The van der Waals surface area contributed by atoms with Gasteiger partial charge in [0, 0.05) is 25.8 Å². The first-order chi connectivity index (χ1) is 7.78. The normalized spacial score (nSPS) is 18.0. The molecule has 2 heterocycles. The first-order valence-electron chi connectivity index (χ1n) is 6.19. The number of aryl methyl sites for hydroxylation is 1. The number of halogens is 1. The third-order valence-electron chi connectivity index (χ3n) is 3.36. The summed E-state index contributed by atoms with van der Waals surface area (Å²) in [5.41, 5.74) is 6.82. The van der Waals surface area contributed by atoms with Gasteiger partial charge in [0.05, 0.1) is 6.20 Å². The zero-order valence-electron chi connectivity index (χ0n) is 10.5. The summed E-state index contributed by atoms with van der Waals surface area (Å²) in [6.07, 6.45) is 6.62. The molecule has 2 N–H and O–H groups in total. The number of nitrogens with two attached hydrogens (primary N) is 1. The van der Waals surface area contributed by atoms with Gasteiger partial charge in [-0.05, 0) is 44.3 Å². The molecule has 1 aliphatic heterocycles. The third-order valence-corrected chi connectivity index (χ3v) is 3.36. The fourth-order valence-corrected chi connectivity index (χ4v) is 2.41. The van der Waals surface area contributed by atoms with Crippen LogP contribution in [0.4, 0.5) is 0 Å². The number of likely N-dealkylation sites (tertiary alicyclic amines) is 1. The van der Waals surface area contributed by atoms with Gasteiger partial charge in [-0.3, -0.25) is 4.68 Å². The highest BCUT2D eigenvalue weighted by Crippen LogP contribution is 2.18. The largest absolute Gasteiger partial charge is 0.329 e. The molecule has 0 radical (unpaired) electrons. The van der Waals surface area contributed by atoms with Crippen LogP contribution in [0, 0.1) is 12.8 Å². The van der Waals surface area contributed by atoms with E-state index in [1.807, 2.05) is 6.20 Å². The predicted molar refractivity (Wildman–Crippen MR) is 72.4 cm³/mol. The van der Waals surface area contributed by atoms with E-state index < -0.39 is 0 Å². The Balaban J connectivity index is 0.00000144. The van der Waals surface area contributed by atoms with E-state index in [4.69, 9.17) is 5.73 Å². The minimum Gasteiger partial charge on any atom is -0.329 e. The molecule has 0 atom stereocenters. The Kier molecular flexibility index (Phi) is 5.95. The van der Waals surface area contributed by atoms with E-state index >= 15 is 0 Å². The monoisotopic (exact) mass is 258 g/mol. The second-order valence-electron chi connectivity index (χ2n) is 4.81. The van der Waals surface area contributed by atoms with Crippen molar-refractivity contribution in [3.05, 3.63) is 18.0 Å². The number of hydrogen-bond acceptors (Lipinski definition) is 3. The van der Waals surface area contributed by atoms with Gasteiger partial charge in [0.1, 0.15) is 0 Å². The van der Waals surface area contributed by atoms with Gasteiger partial charge >= 0.3 is 0 Å². The van der Waals surface area contributed by atoms with Crippen LogP contribution in [0.25, 0.3) is 0 Å². The molecule has 1 saturated heterocycles. The van der Waals surface area contributed by atoms with E-state index in [0.29, 0.717) is 0 Å². The lowest BCUT2D eigenvalue weighted by atomic mass is 9.97.